The molecule has 0 radical (unpaired) electrons. The van der Waals surface area contributed by atoms with E-state index in [1.165, 1.54) is 0 Å². The summed E-state index contributed by atoms with van der Waals surface area (Å²) in [7, 11) is 3.15. The van der Waals surface area contributed by atoms with Crippen LogP contribution in [-0.4, -0.2) is 25.8 Å². The van der Waals surface area contributed by atoms with E-state index in [4.69, 9.17) is 4.74 Å². The topological polar surface area (TPSA) is 55.4 Å². The van der Waals surface area contributed by atoms with E-state index in [1.807, 2.05) is 51.1 Å². The lowest BCUT2D eigenvalue weighted by molar-refractivity contribution is -0.126. The van der Waals surface area contributed by atoms with E-state index in [0.29, 0.717) is 16.9 Å². The minimum absolute atomic E-state index is 0.0529. The third kappa shape index (κ3) is 4.08. The summed E-state index contributed by atoms with van der Waals surface area (Å²) in [6.07, 6.45) is 0. The third-order valence-electron chi connectivity index (χ3n) is 4.18. The molecule has 1 N–H and O–H groups in total. The number of Topliss-reactive ketones (excluding diaryl/α,β-unsaturated/α-hetero) is 1. The van der Waals surface area contributed by atoms with Gasteiger partial charge in [-0.1, -0.05) is 51.1 Å². The Morgan fingerprint density at radius 3 is 2.20 bits per heavy atom. The van der Waals surface area contributed by atoms with Crippen molar-refractivity contribution in [3.63, 3.8) is 0 Å². The third-order valence-corrected chi connectivity index (χ3v) is 4.18. The standard InChI is InChI=1S/C21H25NO3/c1-21(2,3)19(23)18(14-9-7-6-8-10-14)17-13-15(25-5)11-12-16(17)20(24)22-4/h6-13,18H,1-5H3,(H,22,24)/t18-/m1/s1. The molecule has 0 aliphatic carbocycles. The second kappa shape index (κ2) is 7.51. The van der Waals surface area contributed by atoms with Gasteiger partial charge in [0.15, 0.2) is 0 Å². The highest BCUT2D eigenvalue weighted by molar-refractivity contribution is 6.00. The summed E-state index contributed by atoms with van der Waals surface area (Å²) in [5.74, 6) is -0.0914. The van der Waals surface area contributed by atoms with Crippen molar-refractivity contribution in [2.45, 2.75) is 26.7 Å². The van der Waals surface area contributed by atoms with Gasteiger partial charge < -0.3 is 10.1 Å². The molecule has 0 fully saturated rings. The number of nitrogens with one attached hydrogen (secondary N) is 1. The van der Waals surface area contributed by atoms with E-state index in [0.717, 1.165) is 5.56 Å². The monoisotopic (exact) mass is 339 g/mol. The van der Waals surface area contributed by atoms with Crippen molar-refractivity contribution >= 4 is 11.7 Å². The zero-order chi connectivity index (χ0) is 18.6. The van der Waals surface area contributed by atoms with Crippen LogP contribution >= 0.6 is 0 Å². The smallest absolute Gasteiger partial charge is 0.251 e. The van der Waals surface area contributed by atoms with E-state index in [-0.39, 0.29) is 11.7 Å². The van der Waals surface area contributed by atoms with Gasteiger partial charge in [0.25, 0.3) is 5.91 Å². The predicted molar refractivity (Wildman–Crippen MR) is 99.1 cm³/mol. The van der Waals surface area contributed by atoms with Gasteiger partial charge in [0.1, 0.15) is 11.5 Å². The molecule has 2 rings (SSSR count). The van der Waals surface area contributed by atoms with Crippen LogP contribution in [0.15, 0.2) is 48.5 Å². The Balaban J connectivity index is 2.73. The van der Waals surface area contributed by atoms with E-state index in [2.05, 4.69) is 5.32 Å². The van der Waals surface area contributed by atoms with Gasteiger partial charge in [0.2, 0.25) is 0 Å². The summed E-state index contributed by atoms with van der Waals surface area (Å²) in [5, 5.41) is 2.65. The van der Waals surface area contributed by atoms with Gasteiger partial charge in [-0.3, -0.25) is 9.59 Å². The van der Waals surface area contributed by atoms with Crippen LogP contribution in [0.3, 0.4) is 0 Å². The largest absolute Gasteiger partial charge is 0.497 e. The van der Waals surface area contributed by atoms with Crippen LogP contribution in [0.5, 0.6) is 5.75 Å². The molecule has 0 unspecified atom stereocenters. The number of benzene rings is 2. The SMILES string of the molecule is CNC(=O)c1ccc(OC)cc1[C@H](C(=O)C(C)(C)C)c1ccccc1. The van der Waals surface area contributed by atoms with Crippen molar-refractivity contribution in [2.75, 3.05) is 14.2 Å². The van der Waals surface area contributed by atoms with Crippen LogP contribution in [0.4, 0.5) is 0 Å². The molecular formula is C21H25NO3. The van der Waals surface area contributed by atoms with E-state index >= 15 is 0 Å². The number of carbonyl (C=O) groups is 2. The van der Waals surface area contributed by atoms with E-state index in [9.17, 15) is 9.59 Å². The quantitative estimate of drug-likeness (QED) is 0.901. The summed E-state index contributed by atoms with van der Waals surface area (Å²) in [5.41, 5.74) is 1.45. The number of amides is 1. The fourth-order valence-electron chi connectivity index (χ4n) is 2.80. The number of carbonyl (C=O) groups excluding carboxylic acids is 2. The van der Waals surface area contributed by atoms with Crippen LogP contribution < -0.4 is 10.1 Å². The molecule has 0 aromatic heterocycles. The van der Waals surface area contributed by atoms with Crippen LogP contribution in [0.25, 0.3) is 0 Å². The maximum absolute atomic E-state index is 13.3. The molecule has 4 nitrogen and oxygen atoms in total. The Kier molecular flexibility index (Phi) is 5.62. The molecular weight excluding hydrogens is 314 g/mol. The molecule has 0 aliphatic rings. The van der Waals surface area contributed by atoms with Gasteiger partial charge >= 0.3 is 0 Å². The minimum Gasteiger partial charge on any atom is -0.497 e. The molecule has 4 heteroatoms. The molecule has 0 saturated carbocycles. The first-order valence-corrected chi connectivity index (χ1v) is 8.29. The van der Waals surface area contributed by atoms with Gasteiger partial charge in [0.05, 0.1) is 13.0 Å². The van der Waals surface area contributed by atoms with E-state index < -0.39 is 11.3 Å². The highest BCUT2D eigenvalue weighted by atomic mass is 16.5. The second-order valence-electron chi connectivity index (χ2n) is 6.99. The number of hydrogen-bond acceptors (Lipinski definition) is 3. The van der Waals surface area contributed by atoms with Crippen molar-refractivity contribution in [3.8, 4) is 5.75 Å². The molecule has 2 aromatic rings. The number of ether oxygens (including phenoxy) is 1. The molecule has 25 heavy (non-hydrogen) atoms. The van der Waals surface area contributed by atoms with E-state index in [1.54, 1.807) is 32.4 Å². The van der Waals surface area contributed by atoms with Gasteiger partial charge in [-0.15, -0.1) is 0 Å². The molecule has 1 amide bonds. The average Bonchev–Trinajstić information content (AvgIpc) is 2.61. The van der Waals surface area contributed by atoms with Crippen LogP contribution in [0, 0.1) is 5.41 Å². The summed E-state index contributed by atoms with van der Waals surface area (Å²) in [4.78, 5) is 25.6. The molecule has 1 atom stereocenters. The Bertz CT molecular complexity index is 760. The minimum atomic E-state index is -0.552. The zero-order valence-corrected chi connectivity index (χ0v) is 15.4. The van der Waals surface area contributed by atoms with Crippen LogP contribution in [-0.2, 0) is 4.79 Å². The summed E-state index contributed by atoms with van der Waals surface area (Å²) in [6.45, 7) is 5.68. The van der Waals surface area contributed by atoms with Crippen molar-refractivity contribution in [2.24, 2.45) is 5.41 Å². The van der Waals surface area contributed by atoms with Crippen LogP contribution in [0.2, 0.25) is 0 Å². The number of ketones is 1. The molecule has 132 valence electrons. The van der Waals surface area contributed by atoms with Crippen molar-refractivity contribution in [1.82, 2.24) is 5.32 Å². The predicted octanol–water partition coefficient (Wildman–Crippen LogP) is 3.80. The zero-order valence-electron chi connectivity index (χ0n) is 15.4. The summed E-state index contributed by atoms with van der Waals surface area (Å²) in [6, 6.07) is 14.8. The maximum atomic E-state index is 13.3. The van der Waals surface area contributed by atoms with Gasteiger partial charge in [-0.25, -0.2) is 0 Å². The number of hydrogen-bond donors (Lipinski definition) is 1. The van der Waals surface area contributed by atoms with Gasteiger partial charge in [-0.05, 0) is 29.3 Å². The van der Waals surface area contributed by atoms with Crippen molar-refractivity contribution in [3.05, 3.63) is 65.2 Å². The maximum Gasteiger partial charge on any atom is 0.251 e. The Hall–Kier alpha value is -2.62. The molecule has 0 aliphatic heterocycles. The lowest BCUT2D eigenvalue weighted by Crippen LogP contribution is -2.30. The Labute approximate surface area is 149 Å². The normalized spacial score (nSPS) is 12.4. The fraction of sp³-hybridized carbons (Fsp3) is 0.333. The Morgan fingerprint density at radius 1 is 1.04 bits per heavy atom. The molecule has 0 saturated heterocycles. The number of rotatable bonds is 5. The molecule has 0 heterocycles. The highest BCUT2D eigenvalue weighted by Crippen LogP contribution is 2.36. The number of methoxy groups -OCH3 is 1. The first-order valence-electron chi connectivity index (χ1n) is 8.29. The molecule has 0 spiro atoms. The second-order valence-corrected chi connectivity index (χ2v) is 6.99. The first-order chi connectivity index (χ1) is 11.8. The lowest BCUT2D eigenvalue weighted by atomic mass is 9.75. The molecule has 0 bridgehead atoms. The lowest BCUT2D eigenvalue weighted by Gasteiger charge is -2.27. The summed E-state index contributed by atoms with van der Waals surface area (Å²) < 4.78 is 5.33. The Morgan fingerprint density at radius 2 is 1.68 bits per heavy atom. The fourth-order valence-corrected chi connectivity index (χ4v) is 2.80. The first kappa shape index (κ1) is 18.7. The average molecular weight is 339 g/mol. The highest BCUT2D eigenvalue weighted by Gasteiger charge is 2.34. The van der Waals surface area contributed by atoms with Crippen molar-refractivity contribution < 1.29 is 14.3 Å². The summed E-state index contributed by atoms with van der Waals surface area (Å²) >= 11 is 0. The van der Waals surface area contributed by atoms with Gasteiger partial charge in [-0.2, -0.15) is 0 Å². The van der Waals surface area contributed by atoms with Crippen LogP contribution in [0.1, 0.15) is 48.2 Å². The molecule has 2 aromatic carbocycles. The van der Waals surface area contributed by atoms with Gasteiger partial charge in [0, 0.05) is 18.0 Å². The van der Waals surface area contributed by atoms with Crippen molar-refractivity contribution in [1.29, 1.82) is 0 Å².